The van der Waals surface area contributed by atoms with Crippen LogP contribution in [0.5, 0.6) is 0 Å². The number of benzene rings is 1. The summed E-state index contributed by atoms with van der Waals surface area (Å²) in [5.74, 6) is 0. The van der Waals surface area contributed by atoms with E-state index in [9.17, 15) is 4.79 Å². The van der Waals surface area contributed by atoms with Gasteiger partial charge in [-0.25, -0.2) is 3.96 Å². The summed E-state index contributed by atoms with van der Waals surface area (Å²) in [6.45, 7) is 0.730. The molecule has 0 aliphatic carbocycles. The van der Waals surface area contributed by atoms with Crippen LogP contribution >= 0.6 is 23.1 Å². The lowest BCUT2D eigenvalue weighted by atomic mass is 10.2. The van der Waals surface area contributed by atoms with Crippen molar-refractivity contribution >= 4 is 23.1 Å². The monoisotopic (exact) mass is 255 g/mol. The highest BCUT2D eigenvalue weighted by Crippen LogP contribution is 2.11. The molecule has 1 aromatic carbocycles. The molecule has 0 saturated carbocycles. The molecule has 84 valence electrons. The van der Waals surface area contributed by atoms with E-state index < -0.39 is 0 Å². The first kappa shape index (κ1) is 11.4. The fraction of sp³-hybridized carbons (Fsp3) is 0.182. The summed E-state index contributed by atoms with van der Waals surface area (Å²) in [6.07, 6.45) is 0. The molecule has 0 radical (unpaired) electrons. The summed E-state index contributed by atoms with van der Waals surface area (Å²) in [5.41, 5.74) is 0.966. The van der Waals surface area contributed by atoms with Crippen LogP contribution in [0.3, 0.4) is 0 Å². The van der Waals surface area contributed by atoms with E-state index >= 15 is 0 Å². The van der Waals surface area contributed by atoms with E-state index in [2.05, 4.69) is 0 Å². The van der Waals surface area contributed by atoms with Crippen LogP contribution in [0.4, 0.5) is 0 Å². The van der Waals surface area contributed by atoms with Crippen molar-refractivity contribution in [3.05, 3.63) is 56.7 Å². The Labute approximate surface area is 102 Å². The number of aromatic nitrogens is 1. The van der Waals surface area contributed by atoms with Gasteiger partial charge in [-0.05, 0) is 17.7 Å². The normalized spacial score (nSPS) is 10.6. The zero-order valence-corrected chi connectivity index (χ0v) is 10.0. The number of nitrogens with zero attached hydrogens (tertiary/aromatic N) is 1. The second kappa shape index (κ2) is 5.30. The van der Waals surface area contributed by atoms with Crippen molar-refractivity contribution in [3.63, 3.8) is 0 Å². The quantitative estimate of drug-likeness (QED) is 0.841. The molecule has 0 aliphatic rings. The third-order valence-corrected chi connectivity index (χ3v) is 3.04. The van der Waals surface area contributed by atoms with Gasteiger partial charge in [0.25, 0.3) is 5.56 Å². The van der Waals surface area contributed by atoms with E-state index in [4.69, 9.17) is 16.3 Å². The standard InChI is InChI=1S/C11H10ClNO2S/c12-10-3-1-2-9(6-10)7-15-8-13-11(14)4-5-16-13/h1-6H,7-8H2. The molecule has 1 heterocycles. The molecule has 16 heavy (non-hydrogen) atoms. The maximum Gasteiger partial charge on any atom is 0.262 e. The van der Waals surface area contributed by atoms with Crippen LogP contribution in [-0.2, 0) is 18.1 Å². The third kappa shape index (κ3) is 2.95. The highest BCUT2D eigenvalue weighted by molar-refractivity contribution is 7.04. The Bertz CT molecular complexity index is 520. The van der Waals surface area contributed by atoms with Crippen molar-refractivity contribution in [2.24, 2.45) is 0 Å². The van der Waals surface area contributed by atoms with Gasteiger partial charge in [0.1, 0.15) is 6.73 Å². The van der Waals surface area contributed by atoms with Gasteiger partial charge in [-0.3, -0.25) is 4.79 Å². The Hall–Kier alpha value is -1.10. The summed E-state index contributed by atoms with van der Waals surface area (Å²) in [6, 6.07) is 8.99. The zero-order valence-electron chi connectivity index (χ0n) is 8.43. The van der Waals surface area contributed by atoms with E-state index in [1.165, 1.54) is 17.6 Å². The smallest absolute Gasteiger partial charge is 0.262 e. The van der Waals surface area contributed by atoms with Crippen molar-refractivity contribution in [2.45, 2.75) is 13.3 Å². The van der Waals surface area contributed by atoms with Gasteiger partial charge < -0.3 is 4.74 Å². The molecule has 0 aliphatic heterocycles. The molecule has 1 aromatic heterocycles. The van der Waals surface area contributed by atoms with Crippen molar-refractivity contribution in [2.75, 3.05) is 0 Å². The molecule has 0 fully saturated rings. The van der Waals surface area contributed by atoms with Crippen LogP contribution in [0.1, 0.15) is 5.56 Å². The lowest BCUT2D eigenvalue weighted by Crippen LogP contribution is -2.13. The summed E-state index contributed by atoms with van der Waals surface area (Å²) in [4.78, 5) is 11.2. The van der Waals surface area contributed by atoms with E-state index in [-0.39, 0.29) is 12.3 Å². The van der Waals surface area contributed by atoms with Crippen molar-refractivity contribution < 1.29 is 4.74 Å². The predicted octanol–water partition coefficient (Wildman–Crippen LogP) is 2.74. The van der Waals surface area contributed by atoms with Crippen molar-refractivity contribution in [3.8, 4) is 0 Å². The predicted molar refractivity (Wildman–Crippen MR) is 64.8 cm³/mol. The number of rotatable bonds is 4. The fourth-order valence-corrected chi connectivity index (χ4v) is 2.10. The first-order valence-electron chi connectivity index (χ1n) is 4.73. The fourth-order valence-electron chi connectivity index (χ4n) is 1.26. The minimum absolute atomic E-state index is 0.0314. The summed E-state index contributed by atoms with van der Waals surface area (Å²) in [7, 11) is 0. The molecule has 3 nitrogen and oxygen atoms in total. The van der Waals surface area contributed by atoms with Gasteiger partial charge in [-0.2, -0.15) is 0 Å². The molecule has 0 spiro atoms. The average Bonchev–Trinajstić information content (AvgIpc) is 2.65. The molecular formula is C11H10ClNO2S. The Morgan fingerprint density at radius 1 is 1.38 bits per heavy atom. The second-order valence-corrected chi connectivity index (χ2v) is 4.59. The summed E-state index contributed by atoms with van der Waals surface area (Å²) in [5, 5.41) is 2.43. The first-order valence-corrected chi connectivity index (χ1v) is 5.94. The zero-order chi connectivity index (χ0) is 11.4. The van der Waals surface area contributed by atoms with Gasteiger partial charge in [0, 0.05) is 16.5 Å². The molecule has 0 amide bonds. The Morgan fingerprint density at radius 2 is 2.25 bits per heavy atom. The van der Waals surface area contributed by atoms with Gasteiger partial charge >= 0.3 is 0 Å². The molecule has 5 heteroatoms. The average molecular weight is 256 g/mol. The van der Waals surface area contributed by atoms with E-state index in [1.54, 1.807) is 9.34 Å². The van der Waals surface area contributed by atoms with Gasteiger partial charge in [-0.1, -0.05) is 35.3 Å². The van der Waals surface area contributed by atoms with Crippen LogP contribution in [-0.4, -0.2) is 3.96 Å². The maximum atomic E-state index is 11.2. The van der Waals surface area contributed by atoms with E-state index in [1.807, 2.05) is 24.3 Å². The minimum Gasteiger partial charge on any atom is -0.355 e. The second-order valence-electron chi connectivity index (χ2n) is 3.23. The third-order valence-electron chi connectivity index (χ3n) is 2.01. The molecule has 0 saturated heterocycles. The molecular weight excluding hydrogens is 246 g/mol. The molecule has 0 unspecified atom stereocenters. The van der Waals surface area contributed by atoms with Gasteiger partial charge in [-0.15, -0.1) is 0 Å². The number of hydrogen-bond donors (Lipinski definition) is 0. The molecule has 2 rings (SSSR count). The van der Waals surface area contributed by atoms with Crippen LogP contribution in [0, 0.1) is 0 Å². The van der Waals surface area contributed by atoms with Crippen LogP contribution in [0.2, 0.25) is 5.02 Å². The number of hydrogen-bond acceptors (Lipinski definition) is 3. The van der Waals surface area contributed by atoms with Crippen LogP contribution < -0.4 is 5.56 Å². The van der Waals surface area contributed by atoms with Crippen molar-refractivity contribution in [1.29, 1.82) is 0 Å². The first-order chi connectivity index (χ1) is 7.75. The Morgan fingerprint density at radius 3 is 2.94 bits per heavy atom. The highest BCUT2D eigenvalue weighted by Gasteiger charge is 1.98. The van der Waals surface area contributed by atoms with Crippen molar-refractivity contribution in [1.82, 2.24) is 3.96 Å². The lowest BCUT2D eigenvalue weighted by Gasteiger charge is -2.04. The van der Waals surface area contributed by atoms with Crippen LogP contribution in [0.15, 0.2) is 40.5 Å². The molecule has 0 bridgehead atoms. The largest absolute Gasteiger partial charge is 0.355 e. The van der Waals surface area contributed by atoms with Gasteiger partial charge in [0.2, 0.25) is 0 Å². The van der Waals surface area contributed by atoms with Crippen LogP contribution in [0.25, 0.3) is 0 Å². The van der Waals surface area contributed by atoms with E-state index in [0.29, 0.717) is 11.6 Å². The highest BCUT2D eigenvalue weighted by atomic mass is 35.5. The number of ether oxygens (including phenoxy) is 1. The minimum atomic E-state index is -0.0314. The number of halogens is 1. The maximum absolute atomic E-state index is 11.2. The molecule has 0 atom stereocenters. The van der Waals surface area contributed by atoms with Gasteiger partial charge in [0.15, 0.2) is 0 Å². The van der Waals surface area contributed by atoms with E-state index in [0.717, 1.165) is 5.56 Å². The molecule has 2 aromatic rings. The Balaban J connectivity index is 1.89. The SMILES string of the molecule is O=c1ccsn1COCc1cccc(Cl)c1. The summed E-state index contributed by atoms with van der Waals surface area (Å²) >= 11 is 7.18. The lowest BCUT2D eigenvalue weighted by molar-refractivity contribution is 0.0688. The topological polar surface area (TPSA) is 31.2 Å². The van der Waals surface area contributed by atoms with Gasteiger partial charge in [0.05, 0.1) is 6.61 Å². The molecule has 0 N–H and O–H groups in total. The summed E-state index contributed by atoms with van der Waals surface area (Å²) < 4.78 is 6.96. The Kier molecular flexibility index (Phi) is 3.77.